The number of rotatable bonds is 3. The van der Waals surface area contributed by atoms with Crippen LogP contribution in [-0.2, 0) is 10.0 Å². The average molecular weight is 292 g/mol. The van der Waals surface area contributed by atoms with Crippen LogP contribution in [-0.4, -0.2) is 23.0 Å². The Morgan fingerprint density at radius 3 is 2.80 bits per heavy atom. The van der Waals surface area contributed by atoms with Crippen LogP contribution in [0, 0.1) is 5.82 Å². The maximum atomic E-state index is 13.5. The lowest BCUT2D eigenvalue weighted by Gasteiger charge is -2.08. The molecule has 0 unspecified atom stereocenters. The Morgan fingerprint density at radius 2 is 2.00 bits per heavy atom. The summed E-state index contributed by atoms with van der Waals surface area (Å²) < 4.78 is 41.4. The summed E-state index contributed by atoms with van der Waals surface area (Å²) in [4.78, 5) is 3.61. The third-order valence-corrected chi connectivity index (χ3v) is 4.04. The Labute approximate surface area is 113 Å². The van der Waals surface area contributed by atoms with E-state index in [4.69, 9.17) is 0 Å². The summed E-state index contributed by atoms with van der Waals surface area (Å²) in [5.41, 5.74) is 0.781. The minimum Gasteiger partial charge on any atom is -0.276 e. The van der Waals surface area contributed by atoms with Crippen molar-refractivity contribution in [3.63, 3.8) is 0 Å². The molecule has 0 spiro atoms. The number of sulfonamides is 1. The Bertz CT molecular complexity index is 876. The lowest BCUT2D eigenvalue weighted by molar-refractivity contribution is 0.570. The van der Waals surface area contributed by atoms with Gasteiger partial charge in [-0.25, -0.2) is 22.3 Å². The van der Waals surface area contributed by atoms with Crippen LogP contribution in [0.5, 0.6) is 0 Å². The van der Waals surface area contributed by atoms with Gasteiger partial charge in [0, 0.05) is 6.07 Å². The third kappa shape index (κ3) is 2.21. The van der Waals surface area contributed by atoms with E-state index in [1.807, 2.05) is 0 Å². The zero-order valence-corrected chi connectivity index (χ0v) is 10.9. The molecule has 102 valence electrons. The van der Waals surface area contributed by atoms with Gasteiger partial charge in [0.25, 0.3) is 10.0 Å². The molecule has 2 aromatic heterocycles. The van der Waals surface area contributed by atoms with Gasteiger partial charge in [-0.1, -0.05) is 12.1 Å². The van der Waals surface area contributed by atoms with E-state index in [1.165, 1.54) is 41.3 Å². The number of nitrogens with zero attached hydrogens (tertiary/aromatic N) is 3. The molecule has 20 heavy (non-hydrogen) atoms. The molecule has 0 saturated carbocycles. The summed E-state index contributed by atoms with van der Waals surface area (Å²) in [6.07, 6.45) is 4.34. The maximum Gasteiger partial charge on any atom is 0.264 e. The molecule has 0 aliphatic rings. The van der Waals surface area contributed by atoms with E-state index in [1.54, 1.807) is 6.07 Å². The van der Waals surface area contributed by atoms with Gasteiger partial charge in [0.15, 0.2) is 5.65 Å². The van der Waals surface area contributed by atoms with Crippen LogP contribution in [0.25, 0.3) is 5.65 Å². The topological polar surface area (TPSA) is 76.4 Å². The van der Waals surface area contributed by atoms with Crippen molar-refractivity contribution in [2.75, 3.05) is 4.72 Å². The van der Waals surface area contributed by atoms with Gasteiger partial charge in [0.2, 0.25) is 0 Å². The fourth-order valence-corrected chi connectivity index (χ4v) is 2.84. The highest BCUT2D eigenvalue weighted by Crippen LogP contribution is 2.18. The van der Waals surface area contributed by atoms with Gasteiger partial charge in [-0.2, -0.15) is 5.10 Å². The van der Waals surface area contributed by atoms with Gasteiger partial charge in [-0.3, -0.25) is 4.72 Å². The molecule has 2 heterocycles. The molecular formula is C12H9FN4O2S. The van der Waals surface area contributed by atoms with Crippen LogP contribution in [0.4, 0.5) is 10.1 Å². The maximum absolute atomic E-state index is 13.5. The van der Waals surface area contributed by atoms with Crippen LogP contribution in [0.2, 0.25) is 0 Å². The van der Waals surface area contributed by atoms with Gasteiger partial charge in [-0.15, -0.1) is 0 Å². The first kappa shape index (κ1) is 12.5. The van der Waals surface area contributed by atoms with Gasteiger partial charge >= 0.3 is 0 Å². The predicted molar refractivity (Wildman–Crippen MR) is 70.2 cm³/mol. The molecule has 0 radical (unpaired) electrons. The summed E-state index contributed by atoms with van der Waals surface area (Å²) in [6.45, 7) is 0. The summed E-state index contributed by atoms with van der Waals surface area (Å²) in [5.74, 6) is -0.812. The van der Waals surface area contributed by atoms with Crippen LogP contribution >= 0.6 is 0 Å². The molecule has 3 aromatic rings. The van der Waals surface area contributed by atoms with E-state index in [0.717, 1.165) is 6.07 Å². The van der Waals surface area contributed by atoms with Crippen molar-refractivity contribution >= 4 is 21.4 Å². The van der Waals surface area contributed by atoms with Crippen molar-refractivity contribution in [2.24, 2.45) is 0 Å². The largest absolute Gasteiger partial charge is 0.276 e. The molecule has 6 nitrogen and oxygen atoms in total. The van der Waals surface area contributed by atoms with Crippen molar-refractivity contribution in [2.45, 2.75) is 4.90 Å². The molecule has 0 bridgehead atoms. The van der Waals surface area contributed by atoms with Crippen molar-refractivity contribution in [3.8, 4) is 0 Å². The summed E-state index contributed by atoms with van der Waals surface area (Å²) in [7, 11) is -4.00. The van der Waals surface area contributed by atoms with Crippen LogP contribution in [0.1, 0.15) is 0 Å². The van der Waals surface area contributed by atoms with Gasteiger partial charge in [-0.05, 0) is 12.1 Å². The Balaban J connectivity index is 1.99. The normalized spacial score (nSPS) is 11.7. The molecule has 0 aliphatic carbocycles. The molecule has 0 aliphatic heterocycles. The molecule has 0 fully saturated rings. The second-order valence-electron chi connectivity index (χ2n) is 4.01. The lowest BCUT2D eigenvalue weighted by atomic mass is 10.4. The zero-order chi connectivity index (χ0) is 14.2. The number of hydrogen-bond acceptors (Lipinski definition) is 4. The molecular weight excluding hydrogens is 283 g/mol. The standard InChI is InChI=1S/C12H9FN4O2S/c13-10-3-1-2-4-11(10)20(18,19)16-9-7-14-12-5-6-15-17(12)8-9/h1-8,16H. The second kappa shape index (κ2) is 4.57. The van der Waals surface area contributed by atoms with Gasteiger partial charge < -0.3 is 0 Å². The smallest absolute Gasteiger partial charge is 0.264 e. The van der Waals surface area contributed by atoms with E-state index in [-0.39, 0.29) is 5.69 Å². The van der Waals surface area contributed by atoms with Crippen molar-refractivity contribution < 1.29 is 12.8 Å². The molecule has 1 N–H and O–H groups in total. The number of benzene rings is 1. The predicted octanol–water partition coefficient (Wildman–Crippen LogP) is 1.67. The molecule has 0 amide bonds. The van der Waals surface area contributed by atoms with Gasteiger partial charge in [0.05, 0.1) is 24.3 Å². The first-order valence-electron chi connectivity index (χ1n) is 5.63. The van der Waals surface area contributed by atoms with E-state index in [9.17, 15) is 12.8 Å². The number of nitrogens with one attached hydrogen (secondary N) is 1. The minimum absolute atomic E-state index is 0.199. The SMILES string of the molecule is O=S(=O)(Nc1cnc2ccnn2c1)c1ccccc1F. The molecule has 0 atom stereocenters. The fourth-order valence-electron chi connectivity index (χ4n) is 1.74. The number of hydrogen-bond donors (Lipinski definition) is 1. The number of halogens is 1. The summed E-state index contributed by atoms with van der Waals surface area (Å²) >= 11 is 0. The second-order valence-corrected chi connectivity index (χ2v) is 5.66. The lowest BCUT2D eigenvalue weighted by Crippen LogP contribution is -2.15. The highest BCUT2D eigenvalue weighted by Gasteiger charge is 2.18. The highest BCUT2D eigenvalue weighted by molar-refractivity contribution is 7.92. The Kier molecular flexibility index (Phi) is 2.87. The number of anilines is 1. The molecule has 1 aromatic carbocycles. The Morgan fingerprint density at radius 1 is 1.20 bits per heavy atom. The highest BCUT2D eigenvalue weighted by atomic mass is 32.2. The van der Waals surface area contributed by atoms with Crippen molar-refractivity contribution in [3.05, 3.63) is 54.7 Å². The number of fused-ring (bicyclic) bond motifs is 1. The minimum atomic E-state index is -4.00. The average Bonchev–Trinajstić information content (AvgIpc) is 2.86. The van der Waals surface area contributed by atoms with Crippen molar-refractivity contribution in [1.29, 1.82) is 0 Å². The molecule has 8 heteroatoms. The zero-order valence-electron chi connectivity index (χ0n) is 10.1. The van der Waals surface area contributed by atoms with Crippen LogP contribution < -0.4 is 4.72 Å². The Hall–Kier alpha value is -2.48. The first-order valence-corrected chi connectivity index (χ1v) is 7.11. The van der Waals surface area contributed by atoms with Crippen LogP contribution in [0.3, 0.4) is 0 Å². The quantitative estimate of drug-likeness (QED) is 0.796. The fraction of sp³-hybridized carbons (Fsp3) is 0. The number of aromatic nitrogens is 3. The first-order chi connectivity index (χ1) is 9.56. The van der Waals surface area contributed by atoms with E-state index in [0.29, 0.717) is 5.65 Å². The van der Waals surface area contributed by atoms with E-state index < -0.39 is 20.7 Å². The monoisotopic (exact) mass is 292 g/mol. The van der Waals surface area contributed by atoms with E-state index >= 15 is 0 Å². The third-order valence-electron chi connectivity index (χ3n) is 2.63. The van der Waals surface area contributed by atoms with Crippen molar-refractivity contribution in [1.82, 2.24) is 14.6 Å². The molecule has 3 rings (SSSR count). The summed E-state index contributed by atoms with van der Waals surface area (Å²) in [6, 6.07) is 6.83. The summed E-state index contributed by atoms with van der Waals surface area (Å²) in [5, 5.41) is 3.94. The van der Waals surface area contributed by atoms with Crippen LogP contribution in [0.15, 0.2) is 53.8 Å². The van der Waals surface area contributed by atoms with E-state index in [2.05, 4.69) is 14.8 Å². The molecule has 0 saturated heterocycles. The van der Waals surface area contributed by atoms with Gasteiger partial charge in [0.1, 0.15) is 10.7 Å².